The first-order valence-corrected chi connectivity index (χ1v) is 11.6. The number of nitrogens with zero attached hydrogens (tertiary/aromatic N) is 1. The molecule has 0 radical (unpaired) electrons. The van der Waals surface area contributed by atoms with Crippen molar-refractivity contribution in [1.29, 1.82) is 0 Å². The molecule has 0 fully saturated rings. The van der Waals surface area contributed by atoms with Crippen LogP contribution in [0.4, 0.5) is 5.69 Å². The molecule has 1 heterocycles. The second-order valence-electron chi connectivity index (χ2n) is 8.73. The van der Waals surface area contributed by atoms with Crippen LogP contribution in [0.1, 0.15) is 29.8 Å². The minimum absolute atomic E-state index is 0.0218. The Bertz CT molecular complexity index is 1320. The molecule has 2 atom stereocenters. The molecule has 2 unspecified atom stereocenters. The Morgan fingerprint density at radius 3 is 2.31 bits per heavy atom. The zero-order chi connectivity index (χ0) is 24.9. The zero-order valence-corrected chi connectivity index (χ0v) is 19.9. The number of nitrogens with one attached hydrogen (secondary N) is 2. The van der Waals surface area contributed by atoms with Crippen molar-refractivity contribution in [3.8, 4) is 5.75 Å². The summed E-state index contributed by atoms with van der Waals surface area (Å²) in [5.41, 5.74) is 9.79. The third kappa shape index (κ3) is 5.36. The average molecular weight is 471 g/mol. The van der Waals surface area contributed by atoms with Crippen LogP contribution in [0.15, 0.2) is 78.9 Å². The van der Waals surface area contributed by atoms with Crippen LogP contribution in [0.3, 0.4) is 0 Å². The van der Waals surface area contributed by atoms with Gasteiger partial charge in [0.1, 0.15) is 11.8 Å². The summed E-state index contributed by atoms with van der Waals surface area (Å²) in [6.07, 6.45) is 0.380. The molecule has 0 saturated carbocycles. The van der Waals surface area contributed by atoms with Crippen LogP contribution in [0, 0.1) is 0 Å². The van der Waals surface area contributed by atoms with Gasteiger partial charge >= 0.3 is 0 Å². The molecule has 35 heavy (non-hydrogen) atoms. The van der Waals surface area contributed by atoms with Crippen molar-refractivity contribution in [3.05, 3.63) is 95.7 Å². The van der Waals surface area contributed by atoms with E-state index in [4.69, 9.17) is 5.73 Å². The van der Waals surface area contributed by atoms with Crippen LogP contribution >= 0.6 is 0 Å². The van der Waals surface area contributed by atoms with Crippen molar-refractivity contribution >= 4 is 28.4 Å². The van der Waals surface area contributed by atoms with Crippen LogP contribution in [0.2, 0.25) is 0 Å². The number of benzene rings is 3. The summed E-state index contributed by atoms with van der Waals surface area (Å²) in [4.78, 5) is 31.5. The Kier molecular flexibility index (Phi) is 7.17. The van der Waals surface area contributed by atoms with E-state index in [1.54, 1.807) is 24.1 Å². The molecule has 4 rings (SSSR count). The molecule has 2 amide bonds. The first-order chi connectivity index (χ1) is 16.8. The molecule has 3 aromatic carbocycles. The van der Waals surface area contributed by atoms with E-state index in [0.717, 1.165) is 16.6 Å². The Labute approximate surface area is 204 Å². The van der Waals surface area contributed by atoms with E-state index in [1.165, 1.54) is 0 Å². The van der Waals surface area contributed by atoms with Gasteiger partial charge in [-0.3, -0.25) is 9.59 Å². The van der Waals surface area contributed by atoms with Gasteiger partial charge in [0, 0.05) is 36.3 Å². The number of hydrogen-bond donors (Lipinski definition) is 4. The minimum atomic E-state index is -0.757. The number of amides is 2. The highest BCUT2D eigenvalue weighted by atomic mass is 16.3. The van der Waals surface area contributed by atoms with Crippen LogP contribution in [-0.4, -0.2) is 35.0 Å². The Balaban J connectivity index is 1.61. The van der Waals surface area contributed by atoms with Gasteiger partial charge in [-0.1, -0.05) is 60.7 Å². The van der Waals surface area contributed by atoms with Crippen molar-refractivity contribution in [1.82, 2.24) is 10.3 Å². The van der Waals surface area contributed by atoms with E-state index in [1.807, 2.05) is 73.7 Å². The van der Waals surface area contributed by atoms with E-state index in [9.17, 15) is 14.7 Å². The number of phenols is 1. The number of carbonyl (C=O) groups excluding carboxylic acids is 2. The molecule has 5 N–H and O–H groups in total. The molecular formula is C28H30N4O3. The second kappa shape index (κ2) is 10.4. The molecule has 7 nitrogen and oxygen atoms in total. The normalized spacial score (nSPS) is 12.8. The van der Waals surface area contributed by atoms with Gasteiger partial charge in [-0.05, 0) is 36.2 Å². The molecule has 1 aromatic heterocycles. The number of aromatic nitrogens is 1. The monoisotopic (exact) mass is 470 g/mol. The van der Waals surface area contributed by atoms with Gasteiger partial charge < -0.3 is 26.0 Å². The maximum Gasteiger partial charge on any atom is 0.249 e. The fourth-order valence-electron chi connectivity index (χ4n) is 4.33. The fourth-order valence-corrected chi connectivity index (χ4v) is 4.33. The number of fused-ring (bicyclic) bond motifs is 1. The lowest BCUT2D eigenvalue weighted by molar-refractivity contribution is -0.127. The number of H-pyrrole nitrogens is 1. The third-order valence-corrected chi connectivity index (χ3v) is 6.14. The molecule has 0 aliphatic rings. The van der Waals surface area contributed by atoms with Crippen molar-refractivity contribution in [2.75, 3.05) is 11.9 Å². The summed E-state index contributed by atoms with van der Waals surface area (Å²) >= 11 is 0. The minimum Gasteiger partial charge on any atom is -0.506 e. The van der Waals surface area contributed by atoms with Crippen LogP contribution in [0.25, 0.3) is 10.9 Å². The molecule has 4 aromatic rings. The van der Waals surface area contributed by atoms with E-state index in [2.05, 4.69) is 10.3 Å². The first-order valence-electron chi connectivity index (χ1n) is 11.6. The number of aromatic amines is 1. The number of para-hydroxylation sites is 2. The van der Waals surface area contributed by atoms with Gasteiger partial charge in [0.25, 0.3) is 0 Å². The van der Waals surface area contributed by atoms with Gasteiger partial charge in [-0.2, -0.15) is 0 Å². The predicted octanol–water partition coefficient (Wildman–Crippen LogP) is 3.83. The number of rotatable bonds is 8. The van der Waals surface area contributed by atoms with Crippen molar-refractivity contribution in [3.63, 3.8) is 0 Å². The molecule has 0 aliphatic carbocycles. The number of phenolic OH excluding ortho intramolecular Hbond substituents is 1. The van der Waals surface area contributed by atoms with Crippen molar-refractivity contribution in [2.24, 2.45) is 5.73 Å². The van der Waals surface area contributed by atoms with E-state index >= 15 is 0 Å². The van der Waals surface area contributed by atoms with Crippen LogP contribution < -0.4 is 16.0 Å². The number of aromatic hydroxyl groups is 1. The summed E-state index contributed by atoms with van der Waals surface area (Å²) in [7, 11) is 1.71. The van der Waals surface area contributed by atoms with Gasteiger partial charge in [-0.15, -0.1) is 0 Å². The summed E-state index contributed by atoms with van der Waals surface area (Å²) in [6, 6.07) is 23.0. The molecule has 7 heteroatoms. The predicted molar refractivity (Wildman–Crippen MR) is 138 cm³/mol. The van der Waals surface area contributed by atoms with E-state index in [0.29, 0.717) is 23.2 Å². The maximum absolute atomic E-state index is 13.5. The summed E-state index contributed by atoms with van der Waals surface area (Å²) < 4.78 is 0. The van der Waals surface area contributed by atoms with Crippen molar-refractivity contribution in [2.45, 2.75) is 31.8 Å². The topological polar surface area (TPSA) is 111 Å². The highest BCUT2D eigenvalue weighted by Crippen LogP contribution is 2.31. The van der Waals surface area contributed by atoms with E-state index in [-0.39, 0.29) is 30.0 Å². The molecular weight excluding hydrogens is 440 g/mol. The number of nitrogens with two attached hydrogens (primary N) is 1. The fraction of sp³-hybridized carbons (Fsp3) is 0.214. The Morgan fingerprint density at radius 2 is 1.66 bits per heavy atom. The summed E-state index contributed by atoms with van der Waals surface area (Å²) in [5, 5.41) is 13.9. The Morgan fingerprint density at radius 1 is 1.00 bits per heavy atom. The average Bonchev–Trinajstić information content (AvgIpc) is 3.23. The largest absolute Gasteiger partial charge is 0.506 e. The molecule has 0 spiro atoms. The second-order valence-corrected chi connectivity index (χ2v) is 8.73. The maximum atomic E-state index is 13.5. The van der Waals surface area contributed by atoms with Crippen LogP contribution in [-0.2, 0) is 22.4 Å². The lowest BCUT2D eigenvalue weighted by Crippen LogP contribution is -2.49. The molecule has 0 saturated heterocycles. The highest BCUT2D eigenvalue weighted by molar-refractivity contribution is 6.00. The lowest BCUT2D eigenvalue weighted by Gasteiger charge is -2.25. The van der Waals surface area contributed by atoms with Gasteiger partial charge in [0.2, 0.25) is 11.8 Å². The zero-order valence-electron chi connectivity index (χ0n) is 19.9. The SMILES string of the molecule is CC(N)c1[nH]c2c(O)cccc2c1CC(=O)NC(Cc1ccccc1)C(=O)N(C)c1ccccc1. The van der Waals surface area contributed by atoms with Gasteiger partial charge in [-0.25, -0.2) is 0 Å². The first kappa shape index (κ1) is 24.0. The van der Waals surface area contributed by atoms with Crippen molar-refractivity contribution < 1.29 is 14.7 Å². The number of hydrogen-bond acceptors (Lipinski definition) is 4. The smallest absolute Gasteiger partial charge is 0.249 e. The standard InChI is InChI=1S/C28H30N4O3/c1-18(29)26-22(21-14-9-15-24(33)27(21)31-26)17-25(34)30-23(16-19-10-5-3-6-11-19)28(35)32(2)20-12-7-4-8-13-20/h3-15,18,23,31,33H,16-17,29H2,1-2H3,(H,30,34). The third-order valence-electron chi connectivity index (χ3n) is 6.14. The molecule has 180 valence electrons. The van der Waals surface area contributed by atoms with E-state index < -0.39 is 6.04 Å². The quantitative estimate of drug-likeness (QED) is 0.314. The Hall–Kier alpha value is -4.10. The number of carbonyl (C=O) groups is 2. The summed E-state index contributed by atoms with van der Waals surface area (Å²) in [5.74, 6) is -0.415. The summed E-state index contributed by atoms with van der Waals surface area (Å²) in [6.45, 7) is 1.82. The highest BCUT2D eigenvalue weighted by Gasteiger charge is 2.26. The number of anilines is 1. The van der Waals surface area contributed by atoms with Crippen LogP contribution in [0.5, 0.6) is 5.75 Å². The van der Waals surface area contributed by atoms with Gasteiger partial charge in [0.15, 0.2) is 0 Å². The molecule has 0 aliphatic heterocycles. The number of likely N-dealkylation sites (N-methyl/N-ethyl adjacent to an activating group) is 1. The van der Waals surface area contributed by atoms with Gasteiger partial charge in [0.05, 0.1) is 11.9 Å². The lowest BCUT2D eigenvalue weighted by atomic mass is 10.0. The molecule has 0 bridgehead atoms.